The summed E-state index contributed by atoms with van der Waals surface area (Å²) >= 11 is 0. The number of carbonyl (C=O) groups is 2. The molecule has 0 radical (unpaired) electrons. The Morgan fingerprint density at radius 2 is 1.36 bits per heavy atom. The van der Waals surface area contributed by atoms with Gasteiger partial charge in [-0.3, -0.25) is 0 Å². The number of hydrogen-bond donors (Lipinski definition) is 0. The van der Waals surface area contributed by atoms with Crippen LogP contribution < -0.4 is 0 Å². The molecule has 0 aliphatic heterocycles. The van der Waals surface area contributed by atoms with Crippen LogP contribution in [-0.2, 0) is 19.1 Å². The second kappa shape index (κ2) is 12.3. The van der Waals surface area contributed by atoms with Crippen LogP contribution in [0.25, 0.3) is 5.57 Å². The SMILES string of the molecule is CCCCCC(=C(C(=O)OCCC)C(=O)OCCC)c1ccccc1. The lowest BCUT2D eigenvalue weighted by molar-refractivity contribution is -0.147. The normalized spacial score (nSPS) is 10.2. The van der Waals surface area contributed by atoms with Crippen molar-refractivity contribution in [2.24, 2.45) is 0 Å². The second-order valence-electron chi connectivity index (χ2n) is 5.95. The molecule has 1 aromatic carbocycles. The highest BCUT2D eigenvalue weighted by Gasteiger charge is 2.26. The molecule has 25 heavy (non-hydrogen) atoms. The van der Waals surface area contributed by atoms with Crippen molar-refractivity contribution in [2.75, 3.05) is 13.2 Å². The first-order chi connectivity index (χ1) is 12.2. The molecule has 0 bridgehead atoms. The third-order valence-corrected chi connectivity index (χ3v) is 3.74. The Morgan fingerprint density at radius 1 is 0.800 bits per heavy atom. The lowest BCUT2D eigenvalue weighted by atomic mass is 9.94. The van der Waals surface area contributed by atoms with E-state index in [1.807, 2.05) is 44.2 Å². The minimum absolute atomic E-state index is 0.0456. The zero-order valence-electron chi connectivity index (χ0n) is 15.7. The first kappa shape index (κ1) is 20.9. The average molecular weight is 346 g/mol. The van der Waals surface area contributed by atoms with Crippen molar-refractivity contribution in [3.05, 3.63) is 41.5 Å². The van der Waals surface area contributed by atoms with Crippen molar-refractivity contribution in [3.8, 4) is 0 Å². The largest absolute Gasteiger partial charge is 0.462 e. The molecule has 0 aromatic heterocycles. The van der Waals surface area contributed by atoms with E-state index in [9.17, 15) is 9.59 Å². The Bertz CT molecular complexity index is 539. The highest BCUT2D eigenvalue weighted by molar-refractivity contribution is 6.20. The number of ether oxygens (including phenoxy) is 2. The van der Waals surface area contributed by atoms with Gasteiger partial charge in [0.1, 0.15) is 5.57 Å². The van der Waals surface area contributed by atoms with Gasteiger partial charge in [-0.05, 0) is 36.8 Å². The van der Waals surface area contributed by atoms with Gasteiger partial charge in [-0.2, -0.15) is 0 Å². The quantitative estimate of drug-likeness (QED) is 0.187. The van der Waals surface area contributed by atoms with Crippen molar-refractivity contribution in [1.82, 2.24) is 0 Å². The molecule has 0 amide bonds. The van der Waals surface area contributed by atoms with Crippen LogP contribution in [0.5, 0.6) is 0 Å². The number of rotatable bonds is 11. The van der Waals surface area contributed by atoms with Crippen molar-refractivity contribution in [3.63, 3.8) is 0 Å². The third-order valence-electron chi connectivity index (χ3n) is 3.74. The lowest BCUT2D eigenvalue weighted by Crippen LogP contribution is -2.21. The van der Waals surface area contributed by atoms with Crippen LogP contribution >= 0.6 is 0 Å². The molecule has 4 nitrogen and oxygen atoms in total. The zero-order valence-corrected chi connectivity index (χ0v) is 15.7. The molecule has 1 rings (SSSR count). The van der Waals surface area contributed by atoms with E-state index in [0.717, 1.165) is 30.4 Å². The predicted molar refractivity (Wildman–Crippen MR) is 100 cm³/mol. The van der Waals surface area contributed by atoms with Crippen molar-refractivity contribution >= 4 is 17.5 Å². The molecule has 1 aromatic rings. The van der Waals surface area contributed by atoms with Crippen molar-refractivity contribution < 1.29 is 19.1 Å². The summed E-state index contributed by atoms with van der Waals surface area (Å²) in [4.78, 5) is 25.1. The lowest BCUT2D eigenvalue weighted by Gasteiger charge is -2.15. The van der Waals surface area contributed by atoms with Crippen LogP contribution in [0.1, 0.15) is 64.9 Å². The number of carbonyl (C=O) groups excluding carboxylic acids is 2. The number of esters is 2. The highest BCUT2D eigenvalue weighted by atomic mass is 16.6. The summed E-state index contributed by atoms with van der Waals surface area (Å²) in [6.07, 6.45) is 5.08. The molecule has 4 heteroatoms. The summed E-state index contributed by atoms with van der Waals surface area (Å²) in [5.41, 5.74) is 1.64. The summed E-state index contributed by atoms with van der Waals surface area (Å²) in [6, 6.07) is 9.56. The third kappa shape index (κ3) is 7.12. The van der Waals surface area contributed by atoms with Crippen LogP contribution in [0.15, 0.2) is 35.9 Å². The van der Waals surface area contributed by atoms with Crippen molar-refractivity contribution in [1.29, 1.82) is 0 Å². The Morgan fingerprint density at radius 3 is 1.84 bits per heavy atom. The molecule has 0 saturated heterocycles. The molecule has 0 spiro atoms. The molecule has 0 aliphatic carbocycles. The summed E-state index contributed by atoms with van der Waals surface area (Å²) in [5.74, 6) is -1.17. The Balaban J connectivity index is 3.28. The summed E-state index contributed by atoms with van der Waals surface area (Å²) in [7, 11) is 0. The maximum atomic E-state index is 12.6. The molecule has 138 valence electrons. The van der Waals surface area contributed by atoms with Crippen LogP contribution in [0, 0.1) is 0 Å². The predicted octanol–water partition coefficient (Wildman–Crippen LogP) is 4.93. The van der Waals surface area contributed by atoms with Gasteiger partial charge in [0.2, 0.25) is 0 Å². The Labute approximate surface area is 151 Å². The van der Waals surface area contributed by atoms with Gasteiger partial charge < -0.3 is 9.47 Å². The van der Waals surface area contributed by atoms with Gasteiger partial charge in [0.25, 0.3) is 0 Å². The summed E-state index contributed by atoms with van der Waals surface area (Å²) < 4.78 is 10.5. The first-order valence-electron chi connectivity index (χ1n) is 9.28. The van der Waals surface area contributed by atoms with Gasteiger partial charge in [-0.1, -0.05) is 63.9 Å². The summed E-state index contributed by atoms with van der Waals surface area (Å²) in [5, 5.41) is 0. The van der Waals surface area contributed by atoms with Crippen LogP contribution in [-0.4, -0.2) is 25.2 Å². The Hall–Kier alpha value is -2.10. The highest BCUT2D eigenvalue weighted by Crippen LogP contribution is 2.27. The minimum Gasteiger partial charge on any atom is -0.462 e. The Kier molecular flexibility index (Phi) is 10.3. The molecule has 0 N–H and O–H groups in total. The van der Waals surface area contributed by atoms with E-state index in [0.29, 0.717) is 32.5 Å². The van der Waals surface area contributed by atoms with Crippen LogP contribution in [0.2, 0.25) is 0 Å². The molecule has 0 atom stereocenters. The van der Waals surface area contributed by atoms with Gasteiger partial charge in [-0.25, -0.2) is 9.59 Å². The van der Waals surface area contributed by atoms with Gasteiger partial charge in [-0.15, -0.1) is 0 Å². The fraction of sp³-hybridized carbons (Fsp3) is 0.524. The molecule has 0 saturated carbocycles. The van der Waals surface area contributed by atoms with E-state index < -0.39 is 11.9 Å². The van der Waals surface area contributed by atoms with Crippen LogP contribution in [0.4, 0.5) is 0 Å². The maximum absolute atomic E-state index is 12.6. The standard InChI is InChI=1S/C21H30O4/c1-4-7-9-14-18(17-12-10-8-11-13-17)19(20(22)24-15-5-2)21(23)25-16-6-3/h8,10-13H,4-7,9,14-16H2,1-3H3. The molecule has 0 fully saturated rings. The van der Waals surface area contributed by atoms with E-state index >= 15 is 0 Å². The first-order valence-corrected chi connectivity index (χ1v) is 9.28. The zero-order chi connectivity index (χ0) is 18.5. The topological polar surface area (TPSA) is 52.6 Å². The maximum Gasteiger partial charge on any atom is 0.345 e. The number of benzene rings is 1. The molecule has 0 unspecified atom stereocenters. The minimum atomic E-state index is -0.585. The van der Waals surface area contributed by atoms with Gasteiger partial charge in [0.15, 0.2) is 0 Å². The number of unbranched alkanes of at least 4 members (excludes halogenated alkanes) is 2. The summed E-state index contributed by atoms with van der Waals surface area (Å²) in [6.45, 7) is 6.55. The van der Waals surface area contributed by atoms with Gasteiger partial charge >= 0.3 is 11.9 Å². The van der Waals surface area contributed by atoms with E-state index in [-0.39, 0.29) is 5.57 Å². The molecular weight excluding hydrogens is 316 g/mol. The van der Waals surface area contributed by atoms with E-state index in [1.54, 1.807) is 0 Å². The van der Waals surface area contributed by atoms with E-state index in [4.69, 9.17) is 9.47 Å². The number of hydrogen-bond acceptors (Lipinski definition) is 4. The molecule has 0 heterocycles. The van der Waals surface area contributed by atoms with Crippen molar-refractivity contribution in [2.45, 2.75) is 59.3 Å². The fourth-order valence-corrected chi connectivity index (χ4v) is 2.47. The molecular formula is C21H30O4. The van der Waals surface area contributed by atoms with E-state index in [2.05, 4.69) is 6.92 Å². The van der Waals surface area contributed by atoms with Crippen LogP contribution in [0.3, 0.4) is 0 Å². The van der Waals surface area contributed by atoms with Gasteiger partial charge in [0.05, 0.1) is 13.2 Å². The molecule has 0 aliphatic rings. The smallest absolute Gasteiger partial charge is 0.345 e. The van der Waals surface area contributed by atoms with Gasteiger partial charge in [0, 0.05) is 0 Å². The second-order valence-corrected chi connectivity index (χ2v) is 5.95. The number of allylic oxidation sites excluding steroid dienone is 1. The van der Waals surface area contributed by atoms with E-state index in [1.165, 1.54) is 0 Å². The fourth-order valence-electron chi connectivity index (χ4n) is 2.47. The average Bonchev–Trinajstić information content (AvgIpc) is 2.64. The monoisotopic (exact) mass is 346 g/mol.